The first kappa shape index (κ1) is 15.0. The number of rotatable bonds is 5. The van der Waals surface area contributed by atoms with Crippen LogP contribution in [0.2, 0.25) is 0 Å². The summed E-state index contributed by atoms with van der Waals surface area (Å²) in [4.78, 5) is 7.94. The summed E-state index contributed by atoms with van der Waals surface area (Å²) in [6.45, 7) is -2.88. The zero-order valence-electron chi connectivity index (χ0n) is 10.7. The number of nitrogens with two attached hydrogens (primary N) is 1. The van der Waals surface area contributed by atoms with Crippen molar-refractivity contribution in [3.05, 3.63) is 41.6 Å². The highest BCUT2D eigenvalue weighted by molar-refractivity contribution is 7.98. The van der Waals surface area contributed by atoms with Crippen LogP contribution in [0.15, 0.2) is 35.6 Å². The maximum atomic E-state index is 12.3. The van der Waals surface area contributed by atoms with E-state index in [4.69, 9.17) is 11.0 Å². The molecule has 2 rings (SSSR count). The van der Waals surface area contributed by atoms with Gasteiger partial charge in [0.1, 0.15) is 23.2 Å². The molecule has 0 spiro atoms. The van der Waals surface area contributed by atoms with Crippen LogP contribution < -0.4 is 10.5 Å². The van der Waals surface area contributed by atoms with E-state index in [2.05, 4.69) is 14.7 Å². The molecule has 0 aliphatic carbocycles. The molecule has 2 aromatic rings. The Hall–Kier alpha value is -2.40. The molecule has 0 amide bonds. The third kappa shape index (κ3) is 4.03. The van der Waals surface area contributed by atoms with Crippen LogP contribution in [0.1, 0.15) is 11.1 Å². The molecular formula is C13H10F2N4OS. The van der Waals surface area contributed by atoms with Crippen molar-refractivity contribution in [2.24, 2.45) is 0 Å². The quantitative estimate of drug-likeness (QED) is 0.675. The minimum absolute atomic E-state index is 0.0899. The van der Waals surface area contributed by atoms with E-state index in [1.165, 1.54) is 24.0 Å². The van der Waals surface area contributed by atoms with Crippen LogP contribution in [0, 0.1) is 11.3 Å². The van der Waals surface area contributed by atoms with Crippen LogP contribution in [0.4, 0.5) is 14.6 Å². The number of nitriles is 1. The second kappa shape index (κ2) is 6.85. The van der Waals surface area contributed by atoms with Crippen molar-refractivity contribution in [2.75, 3.05) is 5.73 Å². The molecule has 0 fully saturated rings. The Labute approximate surface area is 123 Å². The summed E-state index contributed by atoms with van der Waals surface area (Å²) < 4.78 is 29.0. The molecule has 1 aromatic carbocycles. The zero-order valence-corrected chi connectivity index (χ0v) is 11.5. The Morgan fingerprint density at radius 2 is 2.14 bits per heavy atom. The van der Waals surface area contributed by atoms with E-state index < -0.39 is 6.61 Å². The zero-order chi connectivity index (χ0) is 15.2. The SMILES string of the molecule is N#Cc1cnc(SCc2ccccc2OC(F)F)nc1N. The standard InChI is InChI=1S/C13H10F2N4OS/c14-12(15)20-10-4-2-1-3-8(10)7-21-13-18-6-9(5-16)11(17)19-13/h1-4,6,12H,7H2,(H2,17,18,19). The van der Waals surface area contributed by atoms with Crippen LogP contribution in [-0.2, 0) is 5.75 Å². The van der Waals surface area contributed by atoms with Gasteiger partial charge in [-0.2, -0.15) is 14.0 Å². The van der Waals surface area contributed by atoms with Gasteiger partial charge in [0.2, 0.25) is 0 Å². The van der Waals surface area contributed by atoms with E-state index in [1.807, 2.05) is 6.07 Å². The molecule has 0 aliphatic heterocycles. The third-order valence-corrected chi connectivity index (χ3v) is 3.37. The lowest BCUT2D eigenvalue weighted by Gasteiger charge is -2.09. The van der Waals surface area contributed by atoms with Gasteiger partial charge in [0.15, 0.2) is 5.16 Å². The number of nitrogens with zero attached hydrogens (tertiary/aromatic N) is 3. The van der Waals surface area contributed by atoms with Crippen molar-refractivity contribution in [3.8, 4) is 11.8 Å². The van der Waals surface area contributed by atoms with Gasteiger partial charge >= 0.3 is 6.61 Å². The van der Waals surface area contributed by atoms with Gasteiger partial charge in [-0.05, 0) is 6.07 Å². The highest BCUT2D eigenvalue weighted by Gasteiger charge is 2.10. The average molecular weight is 308 g/mol. The van der Waals surface area contributed by atoms with Gasteiger partial charge in [0.25, 0.3) is 0 Å². The fourth-order valence-electron chi connectivity index (χ4n) is 1.51. The first-order valence-corrected chi connectivity index (χ1v) is 6.77. The smallest absolute Gasteiger partial charge is 0.387 e. The lowest BCUT2D eigenvalue weighted by atomic mass is 10.2. The molecule has 0 aliphatic rings. The molecule has 21 heavy (non-hydrogen) atoms. The predicted octanol–water partition coefficient (Wildman–Crippen LogP) is 2.82. The first-order chi connectivity index (χ1) is 10.1. The molecule has 0 unspecified atom stereocenters. The molecule has 0 saturated carbocycles. The van der Waals surface area contributed by atoms with Crippen LogP contribution in [0.5, 0.6) is 5.75 Å². The van der Waals surface area contributed by atoms with Crippen molar-refractivity contribution in [2.45, 2.75) is 17.5 Å². The number of hydrogen-bond acceptors (Lipinski definition) is 6. The molecule has 5 nitrogen and oxygen atoms in total. The maximum absolute atomic E-state index is 12.3. The van der Waals surface area contributed by atoms with Gasteiger partial charge in [-0.25, -0.2) is 9.97 Å². The summed E-state index contributed by atoms with van der Waals surface area (Å²) in [5.41, 5.74) is 6.37. The number of thioether (sulfide) groups is 1. The number of hydrogen-bond donors (Lipinski definition) is 1. The van der Waals surface area contributed by atoms with Crippen LogP contribution in [0.3, 0.4) is 0 Å². The van der Waals surface area contributed by atoms with Crippen molar-refractivity contribution in [1.82, 2.24) is 9.97 Å². The van der Waals surface area contributed by atoms with E-state index in [-0.39, 0.29) is 17.1 Å². The highest BCUT2D eigenvalue weighted by Crippen LogP contribution is 2.27. The number of ether oxygens (including phenoxy) is 1. The minimum atomic E-state index is -2.88. The summed E-state index contributed by atoms with van der Waals surface area (Å²) in [5, 5.41) is 9.09. The lowest BCUT2D eigenvalue weighted by molar-refractivity contribution is -0.0503. The normalized spacial score (nSPS) is 10.4. The Bertz CT molecular complexity index is 675. The van der Waals surface area contributed by atoms with Gasteiger partial charge in [0.05, 0.1) is 6.20 Å². The Kier molecular flexibility index (Phi) is 4.90. The number of aromatic nitrogens is 2. The van der Waals surface area contributed by atoms with Crippen LogP contribution in [-0.4, -0.2) is 16.6 Å². The molecule has 0 saturated heterocycles. The lowest BCUT2D eigenvalue weighted by Crippen LogP contribution is -2.04. The fourth-order valence-corrected chi connectivity index (χ4v) is 2.32. The predicted molar refractivity (Wildman–Crippen MR) is 73.8 cm³/mol. The minimum Gasteiger partial charge on any atom is -0.435 e. The number of anilines is 1. The van der Waals surface area contributed by atoms with Crippen molar-refractivity contribution in [3.63, 3.8) is 0 Å². The van der Waals surface area contributed by atoms with E-state index in [1.54, 1.807) is 18.2 Å². The largest absolute Gasteiger partial charge is 0.435 e. The Balaban J connectivity index is 2.10. The maximum Gasteiger partial charge on any atom is 0.387 e. The summed E-state index contributed by atoms with van der Waals surface area (Å²) in [6.07, 6.45) is 1.33. The van der Waals surface area contributed by atoms with Crippen molar-refractivity contribution in [1.29, 1.82) is 5.26 Å². The second-order valence-corrected chi connectivity index (χ2v) is 4.78. The highest BCUT2D eigenvalue weighted by atomic mass is 32.2. The molecule has 0 radical (unpaired) electrons. The molecule has 1 aromatic heterocycles. The van der Waals surface area contributed by atoms with E-state index in [0.717, 1.165) is 0 Å². The van der Waals surface area contributed by atoms with Gasteiger partial charge < -0.3 is 10.5 Å². The molecule has 0 bridgehead atoms. The van der Waals surface area contributed by atoms with E-state index in [0.29, 0.717) is 16.5 Å². The average Bonchev–Trinajstić information content (AvgIpc) is 2.46. The number of halogens is 2. The molecular weight excluding hydrogens is 298 g/mol. The summed E-state index contributed by atoms with van der Waals surface area (Å²) >= 11 is 1.21. The van der Waals surface area contributed by atoms with E-state index in [9.17, 15) is 8.78 Å². The molecule has 1 heterocycles. The monoisotopic (exact) mass is 308 g/mol. The number of nitrogen functional groups attached to an aromatic ring is 1. The summed E-state index contributed by atoms with van der Waals surface area (Å²) in [6, 6.07) is 8.35. The van der Waals surface area contributed by atoms with Crippen molar-refractivity contribution >= 4 is 17.6 Å². The van der Waals surface area contributed by atoms with E-state index >= 15 is 0 Å². The topological polar surface area (TPSA) is 84.8 Å². The molecule has 8 heteroatoms. The Morgan fingerprint density at radius 1 is 1.38 bits per heavy atom. The van der Waals surface area contributed by atoms with Gasteiger partial charge in [-0.15, -0.1) is 0 Å². The van der Waals surface area contributed by atoms with Crippen LogP contribution in [0.25, 0.3) is 0 Å². The van der Waals surface area contributed by atoms with Crippen LogP contribution >= 0.6 is 11.8 Å². The molecule has 108 valence electrons. The summed E-state index contributed by atoms with van der Waals surface area (Å²) in [7, 11) is 0. The number of benzene rings is 1. The fraction of sp³-hybridized carbons (Fsp3) is 0.154. The number of alkyl halides is 2. The molecule has 0 atom stereocenters. The van der Waals surface area contributed by atoms with Gasteiger partial charge in [-0.3, -0.25) is 0 Å². The Morgan fingerprint density at radius 3 is 2.81 bits per heavy atom. The third-order valence-electron chi connectivity index (χ3n) is 2.46. The van der Waals surface area contributed by atoms with Gasteiger partial charge in [0, 0.05) is 11.3 Å². The summed E-state index contributed by atoms with van der Waals surface area (Å²) in [5.74, 6) is 0.544. The molecule has 2 N–H and O–H groups in total. The second-order valence-electron chi connectivity index (χ2n) is 3.84. The first-order valence-electron chi connectivity index (χ1n) is 5.78. The van der Waals surface area contributed by atoms with Gasteiger partial charge in [-0.1, -0.05) is 30.0 Å². The number of para-hydroxylation sites is 1. The van der Waals surface area contributed by atoms with Crippen molar-refractivity contribution < 1.29 is 13.5 Å².